The minimum absolute atomic E-state index is 0.0177. The number of nitrogens with two attached hydrogens (primary N) is 1. The molecular formula is C22H22ClN5O2S. The summed E-state index contributed by atoms with van der Waals surface area (Å²) in [4.78, 5) is 6.79. The number of sulfonamides is 1. The van der Waals surface area contributed by atoms with Gasteiger partial charge < -0.3 is 15.2 Å². The Morgan fingerprint density at radius 2 is 1.94 bits per heavy atom. The molecule has 1 aromatic heterocycles. The van der Waals surface area contributed by atoms with Crippen LogP contribution < -0.4 is 10.6 Å². The lowest BCUT2D eigenvalue weighted by Crippen LogP contribution is -2.39. The molecule has 2 aromatic carbocycles. The Hall–Kier alpha value is -2.97. The molecule has 2 aliphatic rings. The van der Waals surface area contributed by atoms with Crippen LogP contribution >= 0.6 is 11.6 Å². The number of aromatic nitrogens is 1. The highest BCUT2D eigenvalue weighted by Gasteiger charge is 2.36. The summed E-state index contributed by atoms with van der Waals surface area (Å²) in [5.41, 5.74) is 8.83. The number of aryl methyl sites for hydroxylation is 1. The van der Waals surface area contributed by atoms with Gasteiger partial charge in [0, 0.05) is 30.5 Å². The third kappa shape index (κ3) is 3.26. The number of benzene rings is 2. The van der Waals surface area contributed by atoms with E-state index in [1.54, 1.807) is 18.2 Å². The largest absolute Gasteiger partial charge is 0.369 e. The van der Waals surface area contributed by atoms with Crippen molar-refractivity contribution in [1.29, 1.82) is 0 Å². The Morgan fingerprint density at radius 3 is 2.68 bits per heavy atom. The molecule has 0 saturated heterocycles. The van der Waals surface area contributed by atoms with Gasteiger partial charge in [0.25, 0.3) is 10.0 Å². The molecule has 0 fully saturated rings. The fourth-order valence-corrected chi connectivity index (χ4v) is 5.96. The van der Waals surface area contributed by atoms with Crippen LogP contribution in [0.25, 0.3) is 0 Å². The van der Waals surface area contributed by atoms with Crippen LogP contribution in [-0.2, 0) is 23.5 Å². The second-order valence-corrected chi connectivity index (χ2v) is 10.00. The van der Waals surface area contributed by atoms with Crippen LogP contribution in [0.4, 0.5) is 11.5 Å². The molecule has 3 aromatic rings. The summed E-state index contributed by atoms with van der Waals surface area (Å²) in [5, 5.41) is 0.543. The molecule has 0 amide bonds. The van der Waals surface area contributed by atoms with Gasteiger partial charge in [-0.25, -0.2) is 17.7 Å². The number of hydrogen-bond donors (Lipinski definition) is 1. The van der Waals surface area contributed by atoms with Gasteiger partial charge in [-0.05, 0) is 53.9 Å². The van der Waals surface area contributed by atoms with E-state index in [0.29, 0.717) is 5.02 Å². The van der Waals surface area contributed by atoms with Crippen LogP contribution in [-0.4, -0.2) is 36.3 Å². The number of guanidine groups is 1. The normalized spacial score (nSPS) is 18.4. The lowest BCUT2D eigenvalue weighted by Gasteiger charge is -2.21. The SMILES string of the molecule is Cn1cccc1N1CCc2cc(S(=O)(=O)N3C[C@H](c4ccccc4Cl)N=C3N)ccc21. The van der Waals surface area contributed by atoms with Gasteiger partial charge in [-0.2, -0.15) is 0 Å². The van der Waals surface area contributed by atoms with Crippen LogP contribution in [0, 0.1) is 0 Å². The molecule has 3 heterocycles. The molecular weight excluding hydrogens is 434 g/mol. The van der Waals surface area contributed by atoms with E-state index in [9.17, 15) is 8.42 Å². The summed E-state index contributed by atoms with van der Waals surface area (Å²) in [6.07, 6.45) is 2.77. The molecule has 1 atom stereocenters. The monoisotopic (exact) mass is 455 g/mol. The van der Waals surface area contributed by atoms with Crippen molar-refractivity contribution in [3.05, 3.63) is 76.9 Å². The summed E-state index contributed by atoms with van der Waals surface area (Å²) in [7, 11) is -1.83. The Balaban J connectivity index is 1.44. The van der Waals surface area contributed by atoms with Crippen LogP contribution in [0.2, 0.25) is 5.02 Å². The fourth-order valence-electron chi connectivity index (χ4n) is 4.29. The predicted molar refractivity (Wildman–Crippen MR) is 122 cm³/mol. The smallest absolute Gasteiger partial charge is 0.266 e. The first-order valence-electron chi connectivity index (χ1n) is 9.98. The maximum atomic E-state index is 13.4. The van der Waals surface area contributed by atoms with Crippen molar-refractivity contribution in [2.24, 2.45) is 17.8 Å². The molecule has 0 spiro atoms. The van der Waals surface area contributed by atoms with Gasteiger partial charge in [0.15, 0.2) is 0 Å². The van der Waals surface area contributed by atoms with Gasteiger partial charge in [0.05, 0.1) is 17.5 Å². The van der Waals surface area contributed by atoms with Crippen molar-refractivity contribution in [1.82, 2.24) is 8.87 Å². The third-order valence-electron chi connectivity index (χ3n) is 5.87. The number of hydrogen-bond acceptors (Lipinski definition) is 5. The van der Waals surface area contributed by atoms with Crippen LogP contribution in [0.5, 0.6) is 0 Å². The summed E-state index contributed by atoms with van der Waals surface area (Å²) in [6.45, 7) is 0.934. The first kappa shape index (κ1) is 20.0. The first-order valence-corrected chi connectivity index (χ1v) is 11.8. The minimum atomic E-state index is -3.83. The van der Waals surface area contributed by atoms with Gasteiger partial charge in [0.2, 0.25) is 5.96 Å². The van der Waals surface area contributed by atoms with Crippen LogP contribution in [0.15, 0.2) is 70.7 Å². The molecule has 2 N–H and O–H groups in total. The van der Waals surface area contributed by atoms with Crippen LogP contribution in [0.1, 0.15) is 17.2 Å². The van der Waals surface area contributed by atoms with Gasteiger partial charge >= 0.3 is 0 Å². The summed E-state index contributed by atoms with van der Waals surface area (Å²) in [6, 6.07) is 16.2. The van der Waals surface area contributed by atoms with E-state index >= 15 is 0 Å². The standard InChI is InChI=1S/C22H22ClN5O2S/c1-26-11-4-7-21(26)27-12-10-15-13-16(8-9-20(15)27)31(29,30)28-14-19(25-22(28)24)17-5-2-3-6-18(17)23/h2-9,11,13,19H,10,12,14H2,1H3,(H2,24,25)/t19-/m1/s1. The quantitative estimate of drug-likeness (QED) is 0.653. The maximum Gasteiger partial charge on any atom is 0.266 e. The molecule has 7 nitrogen and oxygen atoms in total. The van der Waals surface area contributed by atoms with Crippen molar-refractivity contribution < 1.29 is 8.42 Å². The van der Waals surface area contributed by atoms with Crippen molar-refractivity contribution in [2.75, 3.05) is 18.0 Å². The van der Waals surface area contributed by atoms with Gasteiger partial charge in [-0.3, -0.25) is 0 Å². The van der Waals surface area contributed by atoms with E-state index in [1.807, 2.05) is 43.6 Å². The number of nitrogens with zero attached hydrogens (tertiary/aromatic N) is 4. The molecule has 9 heteroatoms. The van der Waals surface area contributed by atoms with Crippen molar-refractivity contribution >= 4 is 39.1 Å². The van der Waals surface area contributed by atoms with Crippen molar-refractivity contribution in [2.45, 2.75) is 17.4 Å². The molecule has 0 aliphatic carbocycles. The summed E-state index contributed by atoms with van der Waals surface area (Å²) in [5.74, 6) is 1.06. The van der Waals surface area contributed by atoms with E-state index in [0.717, 1.165) is 35.6 Å². The highest BCUT2D eigenvalue weighted by molar-refractivity contribution is 7.89. The lowest BCUT2D eigenvalue weighted by atomic mass is 10.1. The highest BCUT2D eigenvalue weighted by Crippen LogP contribution is 2.37. The second-order valence-electron chi connectivity index (χ2n) is 7.73. The molecule has 31 heavy (non-hydrogen) atoms. The average Bonchev–Trinajstić information content (AvgIpc) is 3.46. The third-order valence-corrected chi connectivity index (χ3v) is 7.98. The number of fused-ring (bicyclic) bond motifs is 1. The summed E-state index contributed by atoms with van der Waals surface area (Å²) < 4.78 is 30.0. The molecule has 160 valence electrons. The molecule has 0 radical (unpaired) electrons. The Morgan fingerprint density at radius 1 is 1.13 bits per heavy atom. The van der Waals surface area contributed by atoms with E-state index in [-0.39, 0.29) is 17.4 Å². The van der Waals surface area contributed by atoms with E-state index in [1.165, 1.54) is 4.31 Å². The first-order chi connectivity index (χ1) is 14.9. The Labute approximate surface area is 186 Å². The van der Waals surface area contributed by atoms with Crippen LogP contribution in [0.3, 0.4) is 0 Å². The minimum Gasteiger partial charge on any atom is -0.369 e. The van der Waals surface area contributed by atoms with E-state index < -0.39 is 16.1 Å². The van der Waals surface area contributed by atoms with E-state index in [2.05, 4.69) is 20.5 Å². The lowest BCUT2D eigenvalue weighted by molar-refractivity contribution is 0.518. The fraction of sp³-hybridized carbons (Fsp3) is 0.227. The van der Waals surface area contributed by atoms with E-state index in [4.69, 9.17) is 17.3 Å². The number of aliphatic imine (C=N–C) groups is 1. The van der Waals surface area contributed by atoms with Gasteiger partial charge in [-0.1, -0.05) is 29.8 Å². The molecule has 2 aliphatic heterocycles. The predicted octanol–water partition coefficient (Wildman–Crippen LogP) is 3.43. The summed E-state index contributed by atoms with van der Waals surface area (Å²) >= 11 is 6.28. The Bertz CT molecular complexity index is 1300. The zero-order chi connectivity index (χ0) is 21.8. The number of halogens is 1. The average molecular weight is 456 g/mol. The Kier molecular flexibility index (Phi) is 4.71. The van der Waals surface area contributed by atoms with Crippen molar-refractivity contribution in [3.8, 4) is 0 Å². The zero-order valence-electron chi connectivity index (χ0n) is 16.9. The van der Waals surface area contributed by atoms with Crippen molar-refractivity contribution in [3.63, 3.8) is 0 Å². The zero-order valence-corrected chi connectivity index (χ0v) is 18.5. The molecule has 0 saturated carbocycles. The van der Waals surface area contributed by atoms with Gasteiger partial charge in [0.1, 0.15) is 5.82 Å². The maximum absolute atomic E-state index is 13.4. The topological polar surface area (TPSA) is 83.9 Å². The molecule has 0 unspecified atom stereocenters. The van der Waals surface area contributed by atoms with Gasteiger partial charge in [-0.15, -0.1) is 0 Å². The number of rotatable bonds is 4. The molecule has 5 rings (SSSR count). The molecule has 0 bridgehead atoms. The number of anilines is 2. The highest BCUT2D eigenvalue weighted by atomic mass is 35.5. The second kappa shape index (κ2) is 7.32.